The van der Waals surface area contributed by atoms with E-state index in [2.05, 4.69) is 19.1 Å². The summed E-state index contributed by atoms with van der Waals surface area (Å²) in [6.45, 7) is 5.08. The van der Waals surface area contributed by atoms with Crippen LogP contribution in [0.3, 0.4) is 0 Å². The van der Waals surface area contributed by atoms with E-state index in [4.69, 9.17) is 15.2 Å². The number of fused-ring (bicyclic) bond motifs is 1. The molecule has 82 valence electrons. The van der Waals surface area contributed by atoms with Gasteiger partial charge < -0.3 is 15.2 Å². The second-order valence-electron chi connectivity index (χ2n) is 4.20. The number of hydrogen-bond acceptors (Lipinski definition) is 3. The van der Waals surface area contributed by atoms with Crippen LogP contribution in [0, 0.1) is 6.92 Å². The Balaban J connectivity index is 2.38. The summed E-state index contributed by atoms with van der Waals surface area (Å²) >= 11 is 0. The van der Waals surface area contributed by atoms with Gasteiger partial charge in [-0.1, -0.05) is 17.7 Å². The van der Waals surface area contributed by atoms with Gasteiger partial charge >= 0.3 is 0 Å². The molecule has 1 unspecified atom stereocenters. The zero-order chi connectivity index (χ0) is 10.8. The summed E-state index contributed by atoms with van der Waals surface area (Å²) in [5, 5.41) is 0. The lowest BCUT2D eigenvalue weighted by Gasteiger charge is -2.22. The molecule has 1 heterocycles. The van der Waals surface area contributed by atoms with Crippen molar-refractivity contribution >= 4 is 0 Å². The molecule has 0 aliphatic carbocycles. The highest BCUT2D eigenvalue weighted by Crippen LogP contribution is 2.30. The van der Waals surface area contributed by atoms with Crippen LogP contribution in [0.2, 0.25) is 0 Å². The van der Waals surface area contributed by atoms with Gasteiger partial charge in [0.2, 0.25) is 0 Å². The molecule has 0 radical (unpaired) electrons. The third-order valence-corrected chi connectivity index (χ3v) is 2.47. The van der Waals surface area contributed by atoms with Crippen LogP contribution in [0.15, 0.2) is 12.1 Å². The second kappa shape index (κ2) is 4.21. The minimum atomic E-state index is 0.155. The Morgan fingerprint density at radius 2 is 2.27 bits per heavy atom. The van der Waals surface area contributed by atoms with E-state index < -0.39 is 0 Å². The number of aryl methyl sites for hydroxylation is 1. The van der Waals surface area contributed by atoms with Crippen LogP contribution < -0.4 is 10.5 Å². The molecule has 2 N–H and O–H groups in total. The van der Waals surface area contributed by atoms with Gasteiger partial charge in [0.1, 0.15) is 5.75 Å². The highest BCUT2D eigenvalue weighted by atomic mass is 16.7. The van der Waals surface area contributed by atoms with Gasteiger partial charge in [-0.05, 0) is 25.8 Å². The van der Waals surface area contributed by atoms with Crippen LogP contribution in [0.5, 0.6) is 5.75 Å². The molecular formula is C12H17NO2. The number of benzene rings is 1. The lowest BCUT2D eigenvalue weighted by molar-refractivity contribution is -0.0171. The zero-order valence-electron chi connectivity index (χ0n) is 9.25. The maximum atomic E-state index is 5.82. The molecule has 3 heteroatoms. The number of ether oxygens (including phenoxy) is 2. The van der Waals surface area contributed by atoms with Crippen LogP contribution in [0.25, 0.3) is 0 Å². The third-order valence-electron chi connectivity index (χ3n) is 2.47. The van der Waals surface area contributed by atoms with E-state index in [1.807, 2.05) is 6.92 Å². The zero-order valence-corrected chi connectivity index (χ0v) is 9.25. The van der Waals surface area contributed by atoms with E-state index in [0.29, 0.717) is 13.4 Å². The van der Waals surface area contributed by atoms with E-state index >= 15 is 0 Å². The molecule has 1 aromatic carbocycles. The smallest absolute Gasteiger partial charge is 0.189 e. The molecule has 15 heavy (non-hydrogen) atoms. The molecular weight excluding hydrogens is 190 g/mol. The maximum absolute atomic E-state index is 5.82. The van der Waals surface area contributed by atoms with Crippen molar-refractivity contribution in [3.05, 3.63) is 28.8 Å². The SMILES string of the molecule is Cc1cc2c(c(CC(C)N)c1)OCOC2. The molecule has 1 atom stereocenters. The first-order valence-electron chi connectivity index (χ1n) is 5.25. The second-order valence-corrected chi connectivity index (χ2v) is 4.20. The average molecular weight is 207 g/mol. The summed E-state index contributed by atoms with van der Waals surface area (Å²) in [6.07, 6.45) is 0.851. The summed E-state index contributed by atoms with van der Waals surface area (Å²) < 4.78 is 10.8. The normalized spacial score (nSPS) is 16.7. The number of rotatable bonds is 2. The van der Waals surface area contributed by atoms with E-state index in [1.54, 1.807) is 0 Å². The Labute approximate surface area is 90.2 Å². The number of hydrogen-bond donors (Lipinski definition) is 1. The molecule has 0 bridgehead atoms. The first-order valence-corrected chi connectivity index (χ1v) is 5.25. The number of nitrogens with two attached hydrogens (primary N) is 1. The minimum absolute atomic E-state index is 0.155. The molecule has 0 amide bonds. The largest absolute Gasteiger partial charge is 0.467 e. The first-order chi connectivity index (χ1) is 7.16. The van der Waals surface area contributed by atoms with Crippen LogP contribution in [-0.4, -0.2) is 12.8 Å². The summed E-state index contributed by atoms with van der Waals surface area (Å²) in [5.41, 5.74) is 9.39. The summed E-state index contributed by atoms with van der Waals surface area (Å²) in [7, 11) is 0. The molecule has 2 rings (SSSR count). The van der Waals surface area contributed by atoms with Gasteiger partial charge in [0.15, 0.2) is 6.79 Å². The van der Waals surface area contributed by atoms with Gasteiger partial charge in [-0.15, -0.1) is 0 Å². The summed E-state index contributed by atoms with van der Waals surface area (Å²) in [5.74, 6) is 0.976. The topological polar surface area (TPSA) is 44.5 Å². The van der Waals surface area contributed by atoms with Crippen molar-refractivity contribution in [3.8, 4) is 5.75 Å². The standard InChI is InChI=1S/C12H17NO2/c1-8-3-10(5-9(2)13)12-11(4-8)6-14-7-15-12/h3-4,9H,5-7,13H2,1-2H3. The highest BCUT2D eigenvalue weighted by Gasteiger charge is 2.16. The minimum Gasteiger partial charge on any atom is -0.467 e. The lowest BCUT2D eigenvalue weighted by atomic mass is 10.00. The van der Waals surface area contributed by atoms with Crippen molar-refractivity contribution in [3.63, 3.8) is 0 Å². The fourth-order valence-corrected chi connectivity index (χ4v) is 1.97. The Bertz CT molecular complexity index is 361. The van der Waals surface area contributed by atoms with Crippen molar-refractivity contribution in [1.82, 2.24) is 0 Å². The van der Waals surface area contributed by atoms with Crippen LogP contribution in [-0.2, 0) is 17.8 Å². The van der Waals surface area contributed by atoms with Crippen molar-refractivity contribution in [2.24, 2.45) is 5.73 Å². The first kappa shape index (κ1) is 10.5. The summed E-state index contributed by atoms with van der Waals surface area (Å²) in [4.78, 5) is 0. The van der Waals surface area contributed by atoms with E-state index in [1.165, 1.54) is 11.1 Å². The van der Waals surface area contributed by atoms with Crippen molar-refractivity contribution in [2.75, 3.05) is 6.79 Å². The van der Waals surface area contributed by atoms with Crippen molar-refractivity contribution in [1.29, 1.82) is 0 Å². The highest BCUT2D eigenvalue weighted by molar-refractivity contribution is 5.45. The molecule has 0 spiro atoms. The Kier molecular flexibility index (Phi) is 2.93. The van der Waals surface area contributed by atoms with Crippen molar-refractivity contribution < 1.29 is 9.47 Å². The van der Waals surface area contributed by atoms with E-state index in [9.17, 15) is 0 Å². The molecule has 1 aliphatic rings. The maximum Gasteiger partial charge on any atom is 0.189 e. The van der Waals surface area contributed by atoms with Gasteiger partial charge in [0.05, 0.1) is 6.61 Å². The third kappa shape index (κ3) is 2.30. The fraction of sp³-hybridized carbons (Fsp3) is 0.500. The van der Waals surface area contributed by atoms with Gasteiger partial charge in [-0.25, -0.2) is 0 Å². The summed E-state index contributed by atoms with van der Waals surface area (Å²) in [6, 6.07) is 4.41. The Morgan fingerprint density at radius 1 is 1.47 bits per heavy atom. The average Bonchev–Trinajstić information content (AvgIpc) is 2.16. The fourth-order valence-electron chi connectivity index (χ4n) is 1.97. The molecule has 1 aromatic rings. The molecule has 3 nitrogen and oxygen atoms in total. The monoisotopic (exact) mass is 207 g/mol. The predicted octanol–water partition coefficient (Wildman–Crippen LogP) is 1.75. The lowest BCUT2D eigenvalue weighted by Crippen LogP contribution is -2.20. The quantitative estimate of drug-likeness (QED) is 0.803. The van der Waals surface area contributed by atoms with Crippen LogP contribution >= 0.6 is 0 Å². The predicted molar refractivity (Wildman–Crippen MR) is 58.8 cm³/mol. The van der Waals surface area contributed by atoms with Gasteiger partial charge in [-0.3, -0.25) is 0 Å². The van der Waals surface area contributed by atoms with Gasteiger partial charge in [0, 0.05) is 11.6 Å². The molecule has 0 saturated carbocycles. The molecule has 0 aromatic heterocycles. The van der Waals surface area contributed by atoms with Crippen molar-refractivity contribution in [2.45, 2.75) is 32.9 Å². The van der Waals surface area contributed by atoms with E-state index in [-0.39, 0.29) is 6.04 Å². The molecule has 1 aliphatic heterocycles. The molecule has 0 fully saturated rings. The molecule has 0 saturated heterocycles. The van der Waals surface area contributed by atoms with Crippen LogP contribution in [0.1, 0.15) is 23.6 Å². The van der Waals surface area contributed by atoms with Crippen LogP contribution in [0.4, 0.5) is 0 Å². The van der Waals surface area contributed by atoms with Gasteiger partial charge in [-0.2, -0.15) is 0 Å². The Morgan fingerprint density at radius 3 is 3.00 bits per heavy atom. The Hall–Kier alpha value is -1.06. The van der Waals surface area contributed by atoms with Gasteiger partial charge in [0.25, 0.3) is 0 Å². The van der Waals surface area contributed by atoms with E-state index in [0.717, 1.165) is 17.7 Å².